The van der Waals surface area contributed by atoms with E-state index in [1.165, 1.54) is 0 Å². The molecule has 29 unspecified atom stereocenters. The Morgan fingerprint density at radius 3 is 0.756 bits per heavy atom. The van der Waals surface area contributed by atoms with Gasteiger partial charge < -0.3 is 179 Å². The minimum absolute atomic E-state index is 0.911. The molecule has 36 nitrogen and oxygen atoms in total. The molecule has 7 aliphatic rings. The Morgan fingerprint density at radius 2 is 0.487 bits per heavy atom. The standard InChI is InChI=1S/C42H72O36/c43-1-14-21(51)28(58)29(59)36(71-14)78-42(35(65)27(57)20(7-49)77-42)13-70-41(34(64)26(56)19(6-48)76-41)12-69-40(33(63)25(55)18(5-47)75-40)11-68-39(32(62)24(54)17(4-46)74-39)10-67-38(31(61)23(53)16(3-45)73-38)9-66-37(8-50)30(60)22(52)15(2-44)72-37/h14-36,43-65H,1-13H2. The second-order valence-electron chi connectivity index (χ2n) is 19.9. The minimum Gasteiger partial charge on any atom is -0.394 e. The normalized spacial score (nSPS) is 52.6. The monoisotopic (exact) mass is 1150 g/mol. The third-order valence-corrected chi connectivity index (χ3v) is 15.1. The summed E-state index contributed by atoms with van der Waals surface area (Å²) in [6, 6.07) is 0. The van der Waals surface area contributed by atoms with Gasteiger partial charge in [0, 0.05) is 0 Å². The van der Waals surface area contributed by atoms with E-state index in [2.05, 4.69) is 0 Å². The van der Waals surface area contributed by atoms with E-state index in [4.69, 9.17) is 61.6 Å². The maximum absolute atomic E-state index is 11.7. The van der Waals surface area contributed by atoms with Crippen LogP contribution in [0.3, 0.4) is 0 Å². The molecule has 7 fully saturated rings. The van der Waals surface area contributed by atoms with Gasteiger partial charge in [-0.3, -0.25) is 0 Å². The average Bonchev–Trinajstić information content (AvgIpc) is 4.25. The predicted octanol–water partition coefficient (Wildman–Crippen LogP) is -16.3. The van der Waals surface area contributed by atoms with Crippen molar-refractivity contribution in [2.24, 2.45) is 0 Å². The van der Waals surface area contributed by atoms with Crippen LogP contribution in [0.15, 0.2) is 0 Å². The molecule has 0 spiro atoms. The lowest BCUT2D eigenvalue weighted by molar-refractivity contribution is -0.407. The van der Waals surface area contributed by atoms with Crippen LogP contribution in [0.25, 0.3) is 0 Å². The number of aliphatic hydroxyl groups excluding tert-OH is 23. The van der Waals surface area contributed by atoms with E-state index >= 15 is 0 Å². The molecule has 0 radical (unpaired) electrons. The Bertz CT molecular complexity index is 1920. The van der Waals surface area contributed by atoms with E-state index in [0.717, 1.165) is 0 Å². The molecule has 0 saturated carbocycles. The second kappa shape index (κ2) is 25.0. The lowest BCUT2D eigenvalue weighted by Crippen LogP contribution is -2.64. The zero-order chi connectivity index (χ0) is 57.7. The molecule has 7 saturated heterocycles. The zero-order valence-electron chi connectivity index (χ0n) is 41.1. The van der Waals surface area contributed by atoms with Gasteiger partial charge in [-0.2, -0.15) is 0 Å². The molecule has 78 heavy (non-hydrogen) atoms. The molecule has 36 heteroatoms. The topological polar surface area (TPSA) is 585 Å². The lowest BCUT2D eigenvalue weighted by Gasteiger charge is -2.45. The Morgan fingerprint density at radius 1 is 0.256 bits per heavy atom. The highest BCUT2D eigenvalue weighted by Gasteiger charge is 2.67. The van der Waals surface area contributed by atoms with Crippen molar-refractivity contribution in [3.05, 3.63) is 0 Å². The summed E-state index contributed by atoms with van der Waals surface area (Å²) in [6.07, 6.45) is -47.0. The van der Waals surface area contributed by atoms with E-state index in [1.54, 1.807) is 0 Å². The van der Waals surface area contributed by atoms with Crippen LogP contribution in [-0.2, 0) is 61.6 Å². The summed E-state index contributed by atoms with van der Waals surface area (Å²) >= 11 is 0. The maximum Gasteiger partial charge on any atom is 0.224 e. The van der Waals surface area contributed by atoms with Crippen LogP contribution < -0.4 is 0 Å². The van der Waals surface area contributed by atoms with Crippen molar-refractivity contribution in [1.82, 2.24) is 0 Å². The average molecular weight is 1150 g/mol. The van der Waals surface area contributed by atoms with Gasteiger partial charge in [-0.05, 0) is 0 Å². The molecule has 7 rings (SSSR count). The summed E-state index contributed by atoms with van der Waals surface area (Å²) in [5, 5.41) is 246. The number of aliphatic hydroxyl groups is 23. The molecule has 0 amide bonds. The van der Waals surface area contributed by atoms with E-state index in [1.807, 2.05) is 0 Å². The highest BCUT2D eigenvalue weighted by Crippen LogP contribution is 2.45. The smallest absolute Gasteiger partial charge is 0.224 e. The molecule has 0 aromatic carbocycles. The largest absolute Gasteiger partial charge is 0.394 e. The van der Waals surface area contributed by atoms with Crippen LogP contribution in [0, 0.1) is 0 Å². The lowest BCUT2D eigenvalue weighted by atomic mass is 9.99. The summed E-state index contributed by atoms with van der Waals surface area (Å²) in [6.45, 7) is -15.4. The van der Waals surface area contributed by atoms with Gasteiger partial charge in [-0.1, -0.05) is 0 Å². The first-order chi connectivity index (χ1) is 36.8. The van der Waals surface area contributed by atoms with Crippen LogP contribution in [0.2, 0.25) is 0 Å². The molecular weight excluding hydrogens is 1080 g/mol. The van der Waals surface area contributed by atoms with Gasteiger partial charge in [0.05, 0.1) is 46.2 Å². The SMILES string of the molecule is OCC1OC(OC2(COC3(COC4(COC5(COC6(COC7(CO)OC(CO)C(O)C7O)OC(CO)C(O)C6O)OC(CO)C(O)C5O)OC(CO)C(O)C4O)OC(CO)C(O)C3O)OC(CO)C(O)C2O)C(O)C(O)C1O. The van der Waals surface area contributed by atoms with Crippen molar-refractivity contribution < 1.29 is 179 Å². The number of hydrogen-bond acceptors (Lipinski definition) is 36. The summed E-state index contributed by atoms with van der Waals surface area (Å²) in [4.78, 5) is 0. The van der Waals surface area contributed by atoms with Crippen molar-refractivity contribution in [3.63, 3.8) is 0 Å². The fourth-order valence-electron chi connectivity index (χ4n) is 10.2. The molecule has 23 N–H and O–H groups in total. The van der Waals surface area contributed by atoms with Crippen molar-refractivity contribution in [1.29, 1.82) is 0 Å². The Balaban J connectivity index is 1.21. The molecule has 7 aliphatic heterocycles. The van der Waals surface area contributed by atoms with Gasteiger partial charge in [-0.15, -0.1) is 0 Å². The number of hydrogen-bond donors (Lipinski definition) is 23. The Labute approximate surface area is 439 Å². The fourth-order valence-corrected chi connectivity index (χ4v) is 10.2. The third-order valence-electron chi connectivity index (χ3n) is 15.1. The van der Waals surface area contributed by atoms with Crippen LogP contribution in [0.4, 0.5) is 0 Å². The number of ether oxygens (including phenoxy) is 13. The molecule has 0 aromatic heterocycles. The van der Waals surface area contributed by atoms with Crippen molar-refractivity contribution in [3.8, 4) is 0 Å². The zero-order valence-corrected chi connectivity index (χ0v) is 41.1. The molecule has 0 aromatic rings. The molecule has 456 valence electrons. The molecular formula is C42H72O36. The van der Waals surface area contributed by atoms with Gasteiger partial charge >= 0.3 is 0 Å². The first-order valence-electron chi connectivity index (χ1n) is 24.5. The van der Waals surface area contributed by atoms with Crippen LogP contribution in [0.5, 0.6) is 0 Å². The van der Waals surface area contributed by atoms with E-state index < -0.39 is 261 Å². The number of rotatable bonds is 25. The van der Waals surface area contributed by atoms with Crippen LogP contribution in [0.1, 0.15) is 0 Å². The van der Waals surface area contributed by atoms with Crippen molar-refractivity contribution >= 4 is 0 Å². The van der Waals surface area contributed by atoms with Gasteiger partial charge in [0.25, 0.3) is 0 Å². The maximum atomic E-state index is 11.7. The first-order valence-corrected chi connectivity index (χ1v) is 24.5. The van der Waals surface area contributed by atoms with Gasteiger partial charge in [-0.25, -0.2) is 0 Å². The van der Waals surface area contributed by atoms with E-state index in [-0.39, 0.29) is 0 Å². The summed E-state index contributed by atoms with van der Waals surface area (Å²) in [7, 11) is 0. The van der Waals surface area contributed by atoms with Crippen LogP contribution >= 0.6 is 0 Å². The van der Waals surface area contributed by atoms with E-state index in [0.29, 0.717) is 0 Å². The van der Waals surface area contributed by atoms with E-state index in [9.17, 15) is 117 Å². The Hall–Kier alpha value is -1.44. The fraction of sp³-hybridized carbons (Fsp3) is 1.00. The quantitative estimate of drug-likeness (QED) is 0.0404. The van der Waals surface area contributed by atoms with Crippen LogP contribution in [-0.4, -0.2) is 379 Å². The highest BCUT2D eigenvalue weighted by atomic mass is 16.8. The minimum atomic E-state index is -3.01. The highest BCUT2D eigenvalue weighted by molar-refractivity contribution is 5.06. The molecule has 7 heterocycles. The van der Waals surface area contributed by atoms with Crippen molar-refractivity contribution in [2.45, 2.75) is 175 Å². The second-order valence-corrected chi connectivity index (χ2v) is 19.9. The van der Waals surface area contributed by atoms with Gasteiger partial charge in [0.1, 0.15) is 174 Å². The van der Waals surface area contributed by atoms with Gasteiger partial charge in [0.2, 0.25) is 34.7 Å². The first kappa shape index (κ1) is 64.1. The van der Waals surface area contributed by atoms with Crippen molar-refractivity contribution in [2.75, 3.05) is 85.9 Å². The Kier molecular flexibility index (Phi) is 20.6. The molecule has 0 bridgehead atoms. The summed E-state index contributed by atoms with van der Waals surface area (Å²) in [5.41, 5.74) is 0. The third kappa shape index (κ3) is 11.2. The molecule has 29 atom stereocenters. The summed E-state index contributed by atoms with van der Waals surface area (Å²) in [5.74, 6) is -17.3. The summed E-state index contributed by atoms with van der Waals surface area (Å²) < 4.78 is 74.7. The predicted molar refractivity (Wildman–Crippen MR) is 232 cm³/mol. The van der Waals surface area contributed by atoms with Gasteiger partial charge in [0.15, 0.2) is 6.29 Å². The molecule has 0 aliphatic carbocycles.